The average Bonchev–Trinajstić information content (AvgIpc) is 2.32. The summed E-state index contributed by atoms with van der Waals surface area (Å²) in [4.78, 5) is 2.34. The third kappa shape index (κ3) is 1.93. The van der Waals surface area contributed by atoms with E-state index in [0.717, 1.165) is 18.5 Å². The number of rotatable bonds is 1. The zero-order valence-corrected chi connectivity index (χ0v) is 12.0. The summed E-state index contributed by atoms with van der Waals surface area (Å²) in [5.74, 6) is 0.477. The van der Waals surface area contributed by atoms with E-state index in [4.69, 9.17) is 0 Å². The summed E-state index contributed by atoms with van der Waals surface area (Å²) in [6.07, 6.45) is 1.05. The van der Waals surface area contributed by atoms with E-state index in [2.05, 4.69) is 57.8 Å². The largest absolute Gasteiger partial charge is 0.297 e. The Morgan fingerprint density at radius 1 is 1.33 bits per heavy atom. The van der Waals surface area contributed by atoms with Gasteiger partial charge < -0.3 is 0 Å². The van der Waals surface area contributed by atoms with Gasteiger partial charge in [-0.15, -0.1) is 0 Å². The van der Waals surface area contributed by atoms with Crippen LogP contribution < -0.4 is 0 Å². The molecule has 0 aliphatic carbocycles. The molecule has 1 aromatic rings. The molecule has 18 heavy (non-hydrogen) atoms. The molecule has 2 heteroatoms. The average molecular weight is 242 g/mol. The summed E-state index contributed by atoms with van der Waals surface area (Å²) in [6, 6.07) is 6.77. The first kappa shape index (κ1) is 13.1. The molecule has 0 fully saturated rings. The van der Waals surface area contributed by atoms with Gasteiger partial charge in [0.25, 0.3) is 0 Å². The molecule has 0 spiro atoms. The van der Waals surface area contributed by atoms with E-state index < -0.39 is 0 Å². The van der Waals surface area contributed by atoms with Crippen LogP contribution in [0.2, 0.25) is 0 Å². The van der Waals surface area contributed by atoms with Crippen LogP contribution in [0.25, 0.3) is 0 Å². The summed E-state index contributed by atoms with van der Waals surface area (Å²) in [5.41, 5.74) is 4.68. The summed E-state index contributed by atoms with van der Waals surface area (Å²) in [6.45, 7) is 9.85. The maximum Gasteiger partial charge on any atom is 0.0995 e. The third-order valence-corrected chi connectivity index (χ3v) is 4.31. The van der Waals surface area contributed by atoms with E-state index in [1.54, 1.807) is 0 Å². The van der Waals surface area contributed by atoms with Gasteiger partial charge in [0, 0.05) is 12.1 Å². The predicted molar refractivity (Wildman–Crippen MR) is 74.6 cm³/mol. The summed E-state index contributed by atoms with van der Waals surface area (Å²) in [7, 11) is 2.14. The zero-order valence-electron chi connectivity index (χ0n) is 12.0. The van der Waals surface area contributed by atoms with Gasteiger partial charge >= 0.3 is 0 Å². The quantitative estimate of drug-likeness (QED) is 0.754. The number of hydrogen-bond donors (Lipinski definition) is 0. The SMILES string of the molecule is CC(C)c1cc(C#N)c2c(c1)CCN(C)C2(C)C. The minimum Gasteiger partial charge on any atom is -0.297 e. The van der Waals surface area contributed by atoms with E-state index in [1.165, 1.54) is 16.7 Å². The number of benzene rings is 1. The molecule has 1 aromatic carbocycles. The van der Waals surface area contributed by atoms with Crippen LogP contribution in [0, 0.1) is 11.3 Å². The summed E-state index contributed by atoms with van der Waals surface area (Å²) in [5, 5.41) is 9.45. The van der Waals surface area contributed by atoms with Crippen molar-refractivity contribution in [3.63, 3.8) is 0 Å². The van der Waals surface area contributed by atoms with Gasteiger partial charge in [-0.25, -0.2) is 0 Å². The molecule has 1 aliphatic rings. The van der Waals surface area contributed by atoms with Crippen LogP contribution in [0.15, 0.2) is 12.1 Å². The van der Waals surface area contributed by atoms with E-state index in [9.17, 15) is 5.26 Å². The normalized spacial score (nSPS) is 18.5. The number of likely N-dealkylation sites (N-methyl/N-ethyl adjacent to an activating group) is 1. The van der Waals surface area contributed by atoms with Gasteiger partial charge in [0.1, 0.15) is 0 Å². The van der Waals surface area contributed by atoms with Crippen molar-refractivity contribution in [2.45, 2.75) is 45.6 Å². The van der Waals surface area contributed by atoms with Crippen LogP contribution >= 0.6 is 0 Å². The van der Waals surface area contributed by atoms with E-state index >= 15 is 0 Å². The Morgan fingerprint density at radius 3 is 2.56 bits per heavy atom. The standard InChI is InChI=1S/C16H22N2/c1-11(2)13-8-12-6-7-18(5)16(3,4)15(12)14(9-13)10-17/h8-9,11H,6-7H2,1-5H3. The molecule has 96 valence electrons. The van der Waals surface area contributed by atoms with Crippen molar-refractivity contribution in [3.05, 3.63) is 34.4 Å². The van der Waals surface area contributed by atoms with Gasteiger partial charge in [-0.05, 0) is 56.0 Å². The van der Waals surface area contributed by atoms with Gasteiger partial charge in [-0.3, -0.25) is 4.90 Å². The van der Waals surface area contributed by atoms with Gasteiger partial charge in [0.15, 0.2) is 0 Å². The van der Waals surface area contributed by atoms with Gasteiger partial charge in [-0.2, -0.15) is 5.26 Å². The number of fused-ring (bicyclic) bond motifs is 1. The first-order valence-electron chi connectivity index (χ1n) is 6.66. The highest BCUT2D eigenvalue weighted by Gasteiger charge is 2.34. The lowest BCUT2D eigenvalue weighted by Gasteiger charge is -2.42. The summed E-state index contributed by atoms with van der Waals surface area (Å²) >= 11 is 0. The lowest BCUT2D eigenvalue weighted by molar-refractivity contribution is 0.143. The molecule has 0 atom stereocenters. The van der Waals surface area contributed by atoms with Crippen molar-refractivity contribution in [1.82, 2.24) is 4.90 Å². The predicted octanol–water partition coefficient (Wildman–Crippen LogP) is 3.40. The van der Waals surface area contributed by atoms with Gasteiger partial charge in [-0.1, -0.05) is 19.9 Å². The fraction of sp³-hybridized carbons (Fsp3) is 0.562. The summed E-state index contributed by atoms with van der Waals surface area (Å²) < 4.78 is 0. The molecule has 1 heterocycles. The van der Waals surface area contributed by atoms with Crippen LogP contribution in [0.5, 0.6) is 0 Å². The van der Waals surface area contributed by atoms with Crippen LogP contribution in [0.3, 0.4) is 0 Å². The lowest BCUT2D eigenvalue weighted by atomic mass is 9.79. The number of hydrogen-bond acceptors (Lipinski definition) is 2. The van der Waals surface area contributed by atoms with Gasteiger partial charge in [0.2, 0.25) is 0 Å². The highest BCUT2D eigenvalue weighted by atomic mass is 15.2. The van der Waals surface area contributed by atoms with Crippen molar-refractivity contribution in [2.24, 2.45) is 0 Å². The maximum atomic E-state index is 9.45. The van der Waals surface area contributed by atoms with Crippen molar-refractivity contribution < 1.29 is 0 Å². The highest BCUT2D eigenvalue weighted by molar-refractivity contribution is 5.51. The molecule has 0 N–H and O–H groups in total. The Labute approximate surface area is 110 Å². The second-order valence-electron chi connectivity index (χ2n) is 6.10. The van der Waals surface area contributed by atoms with Crippen LogP contribution in [0.4, 0.5) is 0 Å². The topological polar surface area (TPSA) is 27.0 Å². The van der Waals surface area contributed by atoms with E-state index in [-0.39, 0.29) is 5.54 Å². The fourth-order valence-electron chi connectivity index (χ4n) is 2.83. The molecular formula is C16H22N2. The lowest BCUT2D eigenvalue weighted by Crippen LogP contribution is -2.44. The molecule has 2 nitrogen and oxygen atoms in total. The molecule has 0 bridgehead atoms. The minimum absolute atomic E-state index is 0.0475. The third-order valence-electron chi connectivity index (χ3n) is 4.31. The van der Waals surface area contributed by atoms with Crippen molar-refractivity contribution in [1.29, 1.82) is 5.26 Å². The molecule has 0 unspecified atom stereocenters. The first-order valence-corrected chi connectivity index (χ1v) is 6.66. The molecule has 0 radical (unpaired) electrons. The minimum atomic E-state index is -0.0475. The van der Waals surface area contributed by atoms with Crippen LogP contribution in [0.1, 0.15) is 55.9 Å². The molecule has 1 aliphatic heterocycles. The maximum absolute atomic E-state index is 9.45. The van der Waals surface area contributed by atoms with Crippen LogP contribution in [-0.4, -0.2) is 18.5 Å². The first-order chi connectivity index (χ1) is 8.37. The van der Waals surface area contributed by atoms with E-state index in [1.807, 2.05) is 0 Å². The highest BCUT2D eigenvalue weighted by Crippen LogP contribution is 2.37. The molecular weight excluding hydrogens is 220 g/mol. The Bertz CT molecular complexity index is 507. The Morgan fingerprint density at radius 2 is 2.00 bits per heavy atom. The molecule has 0 saturated carbocycles. The van der Waals surface area contributed by atoms with Crippen molar-refractivity contribution >= 4 is 0 Å². The zero-order chi connectivity index (χ0) is 13.5. The Kier molecular flexibility index (Phi) is 3.21. The monoisotopic (exact) mass is 242 g/mol. The smallest absolute Gasteiger partial charge is 0.0995 e. The van der Waals surface area contributed by atoms with Gasteiger partial charge in [0.05, 0.1) is 11.6 Å². The molecule has 0 aromatic heterocycles. The Hall–Kier alpha value is -1.33. The second-order valence-corrected chi connectivity index (χ2v) is 6.10. The number of nitrogens with zero attached hydrogens (tertiary/aromatic N) is 2. The van der Waals surface area contributed by atoms with Crippen LogP contribution in [-0.2, 0) is 12.0 Å². The molecule has 0 amide bonds. The van der Waals surface area contributed by atoms with E-state index in [0.29, 0.717) is 5.92 Å². The molecule has 2 rings (SSSR count). The Balaban J connectivity index is 2.67. The van der Waals surface area contributed by atoms with Crippen molar-refractivity contribution in [2.75, 3.05) is 13.6 Å². The fourth-order valence-corrected chi connectivity index (χ4v) is 2.83. The second kappa shape index (κ2) is 4.40. The number of nitriles is 1. The molecule has 0 saturated heterocycles. The van der Waals surface area contributed by atoms with Crippen molar-refractivity contribution in [3.8, 4) is 6.07 Å².